The van der Waals surface area contributed by atoms with Crippen molar-refractivity contribution in [2.45, 2.75) is 337 Å². The summed E-state index contributed by atoms with van der Waals surface area (Å²) in [6.07, 6.45) is 36.3. The van der Waals surface area contributed by atoms with E-state index in [1.165, 1.54) is 109 Å². The molecule has 0 bridgehead atoms. The van der Waals surface area contributed by atoms with E-state index in [1.54, 1.807) is 0 Å². The van der Waals surface area contributed by atoms with Gasteiger partial charge in [0.15, 0.2) is 12.2 Å². The average molecular weight is 1260 g/mol. The number of carbonyl (C=O) groups excluding carboxylic acids is 4. The van der Waals surface area contributed by atoms with E-state index in [2.05, 4.69) is 55.4 Å². The topological polar surface area (TPSA) is 237 Å². The van der Waals surface area contributed by atoms with E-state index in [1.807, 2.05) is 0 Å². The first kappa shape index (κ1) is 83.1. The number of hydrogen-bond acceptors (Lipinski definition) is 15. The van der Waals surface area contributed by atoms with Gasteiger partial charge >= 0.3 is 39.5 Å². The fraction of sp³-hybridized carbons (Fsp3) is 0.939. The Morgan fingerprint density at radius 1 is 0.329 bits per heavy atom. The second kappa shape index (κ2) is 56.1. The summed E-state index contributed by atoms with van der Waals surface area (Å²) in [4.78, 5) is 72.3. The number of phosphoric ester groups is 2. The lowest BCUT2D eigenvalue weighted by atomic mass is 9.99. The third-order valence-corrected chi connectivity index (χ3v) is 17.7. The van der Waals surface area contributed by atoms with Crippen molar-refractivity contribution in [3.05, 3.63) is 0 Å². The van der Waals surface area contributed by atoms with Crippen molar-refractivity contribution in [1.29, 1.82) is 0 Å². The van der Waals surface area contributed by atoms with Crippen LogP contribution < -0.4 is 0 Å². The molecule has 0 aliphatic heterocycles. The van der Waals surface area contributed by atoms with Gasteiger partial charge in [0.2, 0.25) is 0 Å². The highest BCUT2D eigenvalue weighted by Gasteiger charge is 2.30. The van der Waals surface area contributed by atoms with Gasteiger partial charge in [0, 0.05) is 25.7 Å². The highest BCUT2D eigenvalue weighted by molar-refractivity contribution is 7.47. The maximum Gasteiger partial charge on any atom is 0.472 e. The van der Waals surface area contributed by atoms with Crippen molar-refractivity contribution < 1.29 is 80.2 Å². The molecular formula is C66H128O17P2. The number of unbranched alkanes of at least 4 members (excludes halogenated alkanes) is 27. The Kier molecular flexibility index (Phi) is 54.8. The third-order valence-electron chi connectivity index (χ3n) is 15.8. The largest absolute Gasteiger partial charge is 0.472 e. The van der Waals surface area contributed by atoms with Gasteiger partial charge in [-0.1, -0.05) is 267 Å². The molecule has 0 aromatic rings. The van der Waals surface area contributed by atoms with Crippen LogP contribution in [0.15, 0.2) is 0 Å². The minimum Gasteiger partial charge on any atom is -0.462 e. The Labute approximate surface area is 517 Å². The number of aliphatic hydroxyl groups is 1. The maximum atomic E-state index is 13.0. The highest BCUT2D eigenvalue weighted by Crippen LogP contribution is 2.45. The van der Waals surface area contributed by atoms with Gasteiger partial charge in [0.1, 0.15) is 19.3 Å². The summed E-state index contributed by atoms with van der Waals surface area (Å²) in [5.41, 5.74) is 0. The second-order valence-electron chi connectivity index (χ2n) is 25.3. The van der Waals surface area contributed by atoms with E-state index >= 15 is 0 Å². The van der Waals surface area contributed by atoms with Crippen LogP contribution in [0.2, 0.25) is 0 Å². The lowest BCUT2D eigenvalue weighted by molar-refractivity contribution is -0.161. The van der Waals surface area contributed by atoms with Gasteiger partial charge in [0.25, 0.3) is 0 Å². The standard InChI is InChI=1S/C66H128O17P2/c1-9-58(7)44-36-28-19-16-17-21-33-41-49-66(71)83-62(53-77-64(69)47-39-31-25-23-29-37-45-59(8)10-2)55-81-85(74,75)79-51-60(67)50-78-84(72,73)80-54-61(52-76-63(68)46-38-30-24-22-27-35-43-57(5)6)82-65(70)48-40-32-20-15-13-11-12-14-18-26-34-42-56(3)4/h56-62,67H,9-55H2,1-8H3,(H,72,73)(H,74,75)/t58?,59?,60-,61+,62+/m0/s1. The molecule has 17 nitrogen and oxygen atoms in total. The summed E-state index contributed by atoms with van der Waals surface area (Å²) in [6.45, 7) is 14.0. The molecular weight excluding hydrogens is 1130 g/mol. The van der Waals surface area contributed by atoms with E-state index in [9.17, 15) is 43.2 Å². The molecule has 3 N–H and O–H groups in total. The Morgan fingerprint density at radius 2 is 0.565 bits per heavy atom. The molecule has 0 aromatic carbocycles. The normalized spacial score (nSPS) is 15.0. The first-order chi connectivity index (χ1) is 40.7. The predicted molar refractivity (Wildman–Crippen MR) is 340 cm³/mol. The average Bonchev–Trinajstić information content (AvgIpc) is 3.58. The van der Waals surface area contributed by atoms with Gasteiger partial charge in [-0.2, -0.15) is 0 Å². The lowest BCUT2D eigenvalue weighted by Gasteiger charge is -2.21. The summed E-state index contributed by atoms with van der Waals surface area (Å²) in [6, 6.07) is 0. The molecule has 0 aliphatic carbocycles. The van der Waals surface area contributed by atoms with Crippen LogP contribution in [0.3, 0.4) is 0 Å². The first-order valence-electron chi connectivity index (χ1n) is 34.3. The van der Waals surface area contributed by atoms with Gasteiger partial charge in [0.05, 0.1) is 26.4 Å². The molecule has 19 heteroatoms. The Balaban J connectivity index is 5.26. The molecule has 85 heavy (non-hydrogen) atoms. The van der Waals surface area contributed by atoms with Gasteiger partial charge in [-0.15, -0.1) is 0 Å². The van der Waals surface area contributed by atoms with Gasteiger partial charge in [-0.05, 0) is 49.4 Å². The van der Waals surface area contributed by atoms with E-state index < -0.39 is 97.5 Å². The van der Waals surface area contributed by atoms with Gasteiger partial charge in [-0.25, -0.2) is 9.13 Å². The number of esters is 4. The van der Waals surface area contributed by atoms with Crippen LogP contribution in [0.1, 0.15) is 319 Å². The zero-order valence-corrected chi connectivity index (χ0v) is 57.0. The van der Waals surface area contributed by atoms with E-state index in [0.717, 1.165) is 120 Å². The minimum absolute atomic E-state index is 0.103. The minimum atomic E-state index is -4.95. The molecule has 4 unspecified atom stereocenters. The zero-order valence-electron chi connectivity index (χ0n) is 55.2. The molecule has 0 saturated heterocycles. The predicted octanol–water partition coefficient (Wildman–Crippen LogP) is 18.1. The summed E-state index contributed by atoms with van der Waals surface area (Å²) in [5.74, 6) is 0.806. The van der Waals surface area contributed by atoms with Gasteiger partial charge < -0.3 is 33.8 Å². The van der Waals surface area contributed by atoms with Crippen molar-refractivity contribution in [3.63, 3.8) is 0 Å². The fourth-order valence-corrected chi connectivity index (χ4v) is 11.3. The number of phosphoric acid groups is 2. The summed E-state index contributed by atoms with van der Waals surface area (Å²) in [7, 11) is -9.89. The maximum absolute atomic E-state index is 13.0. The first-order valence-corrected chi connectivity index (χ1v) is 37.3. The summed E-state index contributed by atoms with van der Waals surface area (Å²) >= 11 is 0. The van der Waals surface area contributed by atoms with Crippen LogP contribution in [0.5, 0.6) is 0 Å². The fourth-order valence-electron chi connectivity index (χ4n) is 9.72. The quantitative estimate of drug-likeness (QED) is 0.0222. The smallest absolute Gasteiger partial charge is 0.462 e. The Morgan fingerprint density at radius 3 is 0.835 bits per heavy atom. The van der Waals surface area contributed by atoms with E-state index in [4.69, 9.17) is 37.0 Å². The van der Waals surface area contributed by atoms with Crippen LogP contribution in [0.4, 0.5) is 0 Å². The summed E-state index contributed by atoms with van der Waals surface area (Å²) < 4.78 is 68.1. The molecule has 0 spiro atoms. The number of rotatable bonds is 63. The molecule has 0 fully saturated rings. The monoisotopic (exact) mass is 1250 g/mol. The zero-order chi connectivity index (χ0) is 63.2. The number of hydrogen-bond donors (Lipinski definition) is 3. The molecule has 0 amide bonds. The van der Waals surface area contributed by atoms with Crippen LogP contribution >= 0.6 is 15.6 Å². The SMILES string of the molecule is CCC(C)CCCCCCCCCCC(=O)O[C@H](COC(=O)CCCCCCCCC(C)CC)COP(=O)(O)OC[C@@H](O)COP(=O)(O)OC[C@@H](COC(=O)CCCCCCCCC(C)C)OC(=O)CCCCCCCCCCCCCC(C)C. The molecule has 7 atom stereocenters. The summed E-state index contributed by atoms with van der Waals surface area (Å²) in [5, 5.41) is 10.6. The van der Waals surface area contributed by atoms with Crippen LogP contribution in [-0.4, -0.2) is 96.7 Å². The van der Waals surface area contributed by atoms with Crippen molar-refractivity contribution in [2.75, 3.05) is 39.6 Å². The molecule has 0 saturated carbocycles. The third kappa shape index (κ3) is 58.2. The molecule has 504 valence electrons. The van der Waals surface area contributed by atoms with Gasteiger partial charge in [-0.3, -0.25) is 37.3 Å². The molecule has 0 aromatic heterocycles. The van der Waals surface area contributed by atoms with Crippen molar-refractivity contribution >= 4 is 39.5 Å². The Hall–Kier alpha value is -1.94. The van der Waals surface area contributed by atoms with Crippen molar-refractivity contribution in [3.8, 4) is 0 Å². The molecule has 0 heterocycles. The van der Waals surface area contributed by atoms with E-state index in [-0.39, 0.29) is 25.7 Å². The van der Waals surface area contributed by atoms with Crippen molar-refractivity contribution in [1.82, 2.24) is 0 Å². The highest BCUT2D eigenvalue weighted by atomic mass is 31.2. The van der Waals surface area contributed by atoms with Crippen LogP contribution in [0.25, 0.3) is 0 Å². The van der Waals surface area contributed by atoms with Crippen molar-refractivity contribution in [2.24, 2.45) is 23.7 Å². The second-order valence-corrected chi connectivity index (χ2v) is 28.2. The van der Waals surface area contributed by atoms with Crippen LogP contribution in [0, 0.1) is 23.7 Å². The lowest BCUT2D eigenvalue weighted by Crippen LogP contribution is -2.30. The molecule has 0 aliphatic rings. The number of carbonyl (C=O) groups is 4. The number of ether oxygens (including phenoxy) is 4. The number of aliphatic hydroxyl groups excluding tert-OH is 1. The molecule has 0 rings (SSSR count). The van der Waals surface area contributed by atoms with E-state index in [0.29, 0.717) is 31.6 Å². The Bertz CT molecular complexity index is 1700. The van der Waals surface area contributed by atoms with Crippen LogP contribution in [-0.2, 0) is 65.4 Å². The molecule has 0 radical (unpaired) electrons.